The first-order chi connectivity index (χ1) is 9.62. The van der Waals surface area contributed by atoms with Gasteiger partial charge < -0.3 is 9.64 Å². The van der Waals surface area contributed by atoms with E-state index in [0.29, 0.717) is 12.5 Å². The van der Waals surface area contributed by atoms with Gasteiger partial charge in [-0.05, 0) is 17.7 Å². The van der Waals surface area contributed by atoms with Crippen LogP contribution in [0.1, 0.15) is 5.56 Å². The maximum absolute atomic E-state index is 5.33. The van der Waals surface area contributed by atoms with E-state index in [-0.39, 0.29) is 12.0 Å². The molecular weight excluding hydrogens is 324 g/mol. The Morgan fingerprint density at radius 3 is 2.55 bits per heavy atom. The normalized spacial score (nSPS) is 10.2. The van der Waals surface area contributed by atoms with Crippen LogP contribution in [0.5, 0.6) is 6.01 Å². The van der Waals surface area contributed by atoms with Gasteiger partial charge in [-0.1, -0.05) is 28.1 Å². The predicted molar refractivity (Wildman–Crippen MR) is 80.4 cm³/mol. The first-order valence-electron chi connectivity index (χ1n) is 5.84. The van der Waals surface area contributed by atoms with Crippen LogP contribution in [0.4, 0.5) is 11.9 Å². The van der Waals surface area contributed by atoms with Crippen molar-refractivity contribution in [2.45, 2.75) is 6.54 Å². The number of methoxy groups -OCH3 is 1. The van der Waals surface area contributed by atoms with Gasteiger partial charge in [0.05, 0.1) is 7.11 Å². The van der Waals surface area contributed by atoms with Gasteiger partial charge in [-0.15, -0.1) is 0 Å². The Kier molecular flexibility index (Phi) is 4.70. The molecule has 2 aromatic rings. The number of nitrogens with two attached hydrogens (primary N) is 1. The van der Waals surface area contributed by atoms with Crippen molar-refractivity contribution in [3.05, 3.63) is 34.3 Å². The summed E-state index contributed by atoms with van der Waals surface area (Å²) in [6.45, 7) is 0.657. The molecule has 0 saturated carbocycles. The quantitative estimate of drug-likeness (QED) is 0.631. The molecule has 0 aliphatic heterocycles. The third-order valence-corrected chi connectivity index (χ3v) is 3.12. The molecule has 0 radical (unpaired) electrons. The fraction of sp³-hybridized carbons (Fsp3) is 0.250. The van der Waals surface area contributed by atoms with E-state index in [1.807, 2.05) is 36.2 Å². The lowest BCUT2D eigenvalue weighted by molar-refractivity contribution is 0.379. The maximum atomic E-state index is 5.33. The number of hydrogen-bond donors (Lipinski definition) is 2. The number of halogens is 1. The van der Waals surface area contributed by atoms with Gasteiger partial charge in [0, 0.05) is 18.1 Å². The number of nitrogens with zero attached hydrogens (tertiary/aromatic N) is 4. The van der Waals surface area contributed by atoms with Crippen LogP contribution in [-0.4, -0.2) is 29.1 Å². The first-order valence-corrected chi connectivity index (χ1v) is 6.64. The predicted octanol–water partition coefficient (Wildman–Crippen LogP) is 1.56. The molecule has 106 valence electrons. The molecule has 0 unspecified atom stereocenters. The number of nitrogens with one attached hydrogen (secondary N) is 1. The van der Waals surface area contributed by atoms with Crippen LogP contribution in [0.25, 0.3) is 0 Å². The molecule has 1 aromatic carbocycles. The first kappa shape index (κ1) is 14.5. The lowest BCUT2D eigenvalue weighted by Crippen LogP contribution is -2.21. The molecule has 0 fully saturated rings. The number of aromatic nitrogens is 3. The number of nitrogen functional groups attached to an aromatic ring is 1. The van der Waals surface area contributed by atoms with Crippen LogP contribution in [0.15, 0.2) is 28.7 Å². The minimum absolute atomic E-state index is 0.214. The maximum Gasteiger partial charge on any atom is 0.322 e. The van der Waals surface area contributed by atoms with Crippen molar-refractivity contribution in [3.8, 4) is 6.01 Å². The van der Waals surface area contributed by atoms with Gasteiger partial charge >= 0.3 is 6.01 Å². The summed E-state index contributed by atoms with van der Waals surface area (Å²) in [6, 6.07) is 8.25. The molecule has 3 N–H and O–H groups in total. The Morgan fingerprint density at radius 1 is 1.25 bits per heavy atom. The molecule has 2 rings (SSSR count). The van der Waals surface area contributed by atoms with Gasteiger partial charge in [0.1, 0.15) is 0 Å². The van der Waals surface area contributed by atoms with Crippen molar-refractivity contribution in [1.29, 1.82) is 0 Å². The number of rotatable bonds is 5. The van der Waals surface area contributed by atoms with Crippen molar-refractivity contribution in [2.24, 2.45) is 5.84 Å². The summed E-state index contributed by atoms with van der Waals surface area (Å²) in [5, 5.41) is 0. The van der Waals surface area contributed by atoms with Crippen LogP contribution in [-0.2, 0) is 6.54 Å². The summed E-state index contributed by atoms with van der Waals surface area (Å²) < 4.78 is 6.06. The van der Waals surface area contributed by atoms with Crippen molar-refractivity contribution in [2.75, 3.05) is 24.5 Å². The largest absolute Gasteiger partial charge is 0.467 e. The minimum Gasteiger partial charge on any atom is -0.467 e. The Morgan fingerprint density at radius 2 is 1.95 bits per heavy atom. The summed E-state index contributed by atoms with van der Waals surface area (Å²) >= 11 is 3.41. The van der Waals surface area contributed by atoms with Crippen LogP contribution in [0.3, 0.4) is 0 Å². The zero-order chi connectivity index (χ0) is 14.5. The van der Waals surface area contributed by atoms with Crippen LogP contribution in [0.2, 0.25) is 0 Å². The molecule has 0 aliphatic rings. The molecule has 0 aliphatic carbocycles. The highest BCUT2D eigenvalue weighted by atomic mass is 79.9. The highest BCUT2D eigenvalue weighted by Crippen LogP contribution is 2.16. The molecule has 7 nitrogen and oxygen atoms in total. The summed E-state index contributed by atoms with van der Waals surface area (Å²) in [5.74, 6) is 6.07. The second kappa shape index (κ2) is 6.49. The smallest absolute Gasteiger partial charge is 0.322 e. The van der Waals surface area contributed by atoms with Crippen molar-refractivity contribution >= 4 is 27.8 Å². The third kappa shape index (κ3) is 3.55. The highest BCUT2D eigenvalue weighted by molar-refractivity contribution is 9.10. The third-order valence-electron chi connectivity index (χ3n) is 2.59. The molecule has 0 bridgehead atoms. The van der Waals surface area contributed by atoms with Gasteiger partial charge in [-0.3, -0.25) is 5.43 Å². The average Bonchev–Trinajstić information content (AvgIpc) is 2.48. The zero-order valence-electron chi connectivity index (χ0n) is 11.2. The number of hydrogen-bond acceptors (Lipinski definition) is 7. The van der Waals surface area contributed by atoms with E-state index < -0.39 is 0 Å². The second-order valence-electron chi connectivity index (χ2n) is 4.07. The molecule has 20 heavy (non-hydrogen) atoms. The van der Waals surface area contributed by atoms with E-state index in [9.17, 15) is 0 Å². The van der Waals surface area contributed by atoms with Crippen LogP contribution >= 0.6 is 15.9 Å². The molecular formula is C12H15BrN6O. The number of benzene rings is 1. The number of anilines is 2. The lowest BCUT2D eigenvalue weighted by Gasteiger charge is -2.17. The van der Waals surface area contributed by atoms with Crippen molar-refractivity contribution < 1.29 is 4.74 Å². The van der Waals surface area contributed by atoms with E-state index >= 15 is 0 Å². The van der Waals surface area contributed by atoms with Gasteiger partial charge in [0.25, 0.3) is 0 Å². The summed E-state index contributed by atoms with van der Waals surface area (Å²) in [4.78, 5) is 14.2. The second-order valence-corrected chi connectivity index (χ2v) is 4.99. The van der Waals surface area contributed by atoms with Crippen molar-refractivity contribution in [3.63, 3.8) is 0 Å². The summed E-state index contributed by atoms with van der Waals surface area (Å²) in [7, 11) is 3.38. The molecule has 8 heteroatoms. The number of ether oxygens (including phenoxy) is 1. The highest BCUT2D eigenvalue weighted by Gasteiger charge is 2.10. The summed E-state index contributed by atoms with van der Waals surface area (Å²) in [6.07, 6.45) is 0. The van der Waals surface area contributed by atoms with Gasteiger partial charge in [-0.25, -0.2) is 5.84 Å². The molecule has 1 aromatic heterocycles. The topological polar surface area (TPSA) is 89.2 Å². The molecule has 0 atom stereocenters. The molecule has 1 heterocycles. The number of hydrazine groups is 1. The standard InChI is InChI=1S/C12H15BrN6O/c1-19(7-8-3-5-9(13)6-4-8)11-15-10(18-14)16-12(17-11)20-2/h3-6H,7,14H2,1-2H3,(H,15,16,17,18). The average molecular weight is 339 g/mol. The van der Waals surface area contributed by atoms with E-state index in [2.05, 4.69) is 36.3 Å². The van der Waals surface area contributed by atoms with Crippen LogP contribution < -0.4 is 20.9 Å². The van der Waals surface area contributed by atoms with Crippen LogP contribution in [0, 0.1) is 0 Å². The summed E-state index contributed by atoms with van der Waals surface area (Å²) in [5.41, 5.74) is 3.53. The SMILES string of the molecule is COc1nc(NN)nc(N(C)Cc2ccc(Br)cc2)n1. The Hall–Kier alpha value is -1.93. The van der Waals surface area contributed by atoms with E-state index in [0.717, 1.165) is 10.0 Å². The Bertz CT molecular complexity index is 554. The van der Waals surface area contributed by atoms with Crippen molar-refractivity contribution in [1.82, 2.24) is 15.0 Å². The minimum atomic E-state index is 0.214. The van der Waals surface area contributed by atoms with Gasteiger partial charge in [-0.2, -0.15) is 15.0 Å². The molecule has 0 amide bonds. The molecule has 0 spiro atoms. The van der Waals surface area contributed by atoms with E-state index in [1.165, 1.54) is 7.11 Å². The van der Waals surface area contributed by atoms with E-state index in [1.54, 1.807) is 0 Å². The Labute approximate surface area is 125 Å². The fourth-order valence-corrected chi connectivity index (χ4v) is 1.87. The zero-order valence-corrected chi connectivity index (χ0v) is 12.8. The monoisotopic (exact) mass is 338 g/mol. The van der Waals surface area contributed by atoms with Gasteiger partial charge in [0.2, 0.25) is 11.9 Å². The lowest BCUT2D eigenvalue weighted by atomic mass is 10.2. The Balaban J connectivity index is 2.19. The van der Waals surface area contributed by atoms with E-state index in [4.69, 9.17) is 10.6 Å². The fourth-order valence-electron chi connectivity index (χ4n) is 1.61. The molecule has 0 saturated heterocycles. The van der Waals surface area contributed by atoms with Gasteiger partial charge in [0.15, 0.2) is 0 Å².